The van der Waals surface area contributed by atoms with Gasteiger partial charge in [0, 0.05) is 17.7 Å². The third kappa shape index (κ3) is 3.95. The van der Waals surface area contributed by atoms with E-state index in [1.807, 2.05) is 0 Å². The highest BCUT2D eigenvalue weighted by molar-refractivity contribution is 5.71. The summed E-state index contributed by atoms with van der Waals surface area (Å²) in [5, 5.41) is 8.89. The lowest BCUT2D eigenvalue weighted by molar-refractivity contribution is -0.274. The van der Waals surface area contributed by atoms with Gasteiger partial charge in [0.15, 0.2) is 0 Å². The number of ether oxygens (including phenoxy) is 1. The molecule has 0 spiro atoms. The van der Waals surface area contributed by atoms with E-state index in [-0.39, 0.29) is 24.2 Å². The zero-order chi connectivity index (χ0) is 15.5. The molecule has 0 amide bonds. The van der Waals surface area contributed by atoms with Crippen LogP contribution in [0.25, 0.3) is 11.1 Å². The lowest BCUT2D eigenvalue weighted by atomic mass is 10.0. The van der Waals surface area contributed by atoms with Crippen molar-refractivity contribution in [3.8, 4) is 16.9 Å². The molecule has 0 saturated heterocycles. The number of aliphatic hydroxyl groups is 1. The fourth-order valence-corrected chi connectivity index (χ4v) is 1.97. The second-order valence-corrected chi connectivity index (χ2v) is 4.33. The van der Waals surface area contributed by atoms with E-state index < -0.39 is 17.9 Å². The van der Waals surface area contributed by atoms with Crippen LogP contribution < -0.4 is 4.74 Å². The second kappa shape index (κ2) is 6.13. The molecule has 0 bridgehead atoms. The van der Waals surface area contributed by atoms with Gasteiger partial charge in [-0.05, 0) is 30.2 Å². The minimum absolute atomic E-state index is 0.000741. The van der Waals surface area contributed by atoms with E-state index in [2.05, 4.69) is 4.74 Å². The Bertz CT molecular complexity index is 623. The number of benzene rings is 2. The first-order valence-electron chi connectivity index (χ1n) is 6.15. The third-order valence-electron chi connectivity index (χ3n) is 2.83. The number of hydrogen-bond acceptors (Lipinski definition) is 2. The molecule has 0 aliphatic heterocycles. The van der Waals surface area contributed by atoms with Crippen molar-refractivity contribution in [2.24, 2.45) is 0 Å². The maximum Gasteiger partial charge on any atom is 0.573 e. The van der Waals surface area contributed by atoms with Crippen LogP contribution in [0.3, 0.4) is 0 Å². The molecule has 0 radical (unpaired) electrons. The van der Waals surface area contributed by atoms with E-state index in [1.54, 1.807) is 0 Å². The van der Waals surface area contributed by atoms with Crippen LogP contribution in [0.1, 0.15) is 5.56 Å². The topological polar surface area (TPSA) is 29.5 Å². The maximum absolute atomic E-state index is 13.9. The van der Waals surface area contributed by atoms with E-state index in [9.17, 15) is 17.6 Å². The summed E-state index contributed by atoms with van der Waals surface area (Å²) in [6.07, 6.45) is -4.56. The predicted molar refractivity (Wildman–Crippen MR) is 69.3 cm³/mol. The highest BCUT2D eigenvalue weighted by Gasteiger charge is 2.32. The van der Waals surface area contributed by atoms with Crippen LogP contribution >= 0.6 is 0 Å². The molecule has 2 aromatic rings. The van der Waals surface area contributed by atoms with Crippen LogP contribution in [-0.2, 0) is 6.42 Å². The maximum atomic E-state index is 13.9. The quantitative estimate of drug-likeness (QED) is 0.867. The number of rotatable bonds is 4. The lowest BCUT2D eigenvalue weighted by Crippen LogP contribution is -2.17. The van der Waals surface area contributed by atoms with Crippen LogP contribution in [0.5, 0.6) is 5.75 Å². The van der Waals surface area contributed by atoms with Crippen molar-refractivity contribution >= 4 is 0 Å². The second-order valence-electron chi connectivity index (χ2n) is 4.33. The fourth-order valence-electron chi connectivity index (χ4n) is 1.97. The van der Waals surface area contributed by atoms with Crippen LogP contribution in [0.2, 0.25) is 0 Å². The lowest BCUT2D eigenvalue weighted by Gasteiger charge is -2.14. The zero-order valence-electron chi connectivity index (χ0n) is 10.8. The molecular formula is C15H12F4O2. The Labute approximate surface area is 118 Å². The first kappa shape index (κ1) is 15.3. The Morgan fingerprint density at radius 2 is 1.71 bits per heavy atom. The Hall–Kier alpha value is -2.08. The molecule has 2 nitrogen and oxygen atoms in total. The molecule has 112 valence electrons. The standard InChI is InChI=1S/C15H12F4O2/c16-13-6-5-10(7-8-20)9-12(13)11-3-1-2-4-14(11)21-15(17,18)19/h1-6,9,20H,7-8H2. The number of alkyl halides is 3. The summed E-state index contributed by atoms with van der Waals surface area (Å²) >= 11 is 0. The van der Waals surface area contributed by atoms with Gasteiger partial charge in [-0.3, -0.25) is 0 Å². The summed E-state index contributed by atoms with van der Waals surface area (Å²) in [5.74, 6) is -1.13. The number of hydrogen-bond donors (Lipinski definition) is 1. The fraction of sp³-hybridized carbons (Fsp3) is 0.200. The molecule has 0 aliphatic carbocycles. The third-order valence-corrected chi connectivity index (χ3v) is 2.83. The van der Waals surface area contributed by atoms with Crippen molar-refractivity contribution in [2.45, 2.75) is 12.8 Å². The van der Waals surface area contributed by atoms with Gasteiger partial charge in [-0.15, -0.1) is 13.2 Å². The zero-order valence-corrected chi connectivity index (χ0v) is 10.8. The van der Waals surface area contributed by atoms with Gasteiger partial charge in [0.25, 0.3) is 0 Å². The summed E-state index contributed by atoms with van der Waals surface area (Å²) in [6, 6.07) is 9.39. The van der Waals surface area contributed by atoms with E-state index in [4.69, 9.17) is 5.11 Å². The number of para-hydroxylation sites is 1. The van der Waals surface area contributed by atoms with Crippen LogP contribution in [0, 0.1) is 5.82 Å². The minimum atomic E-state index is -4.85. The molecule has 0 fully saturated rings. The SMILES string of the molecule is OCCc1ccc(F)c(-c2ccccc2OC(F)(F)F)c1. The van der Waals surface area contributed by atoms with Crippen molar-refractivity contribution in [2.75, 3.05) is 6.61 Å². The molecule has 6 heteroatoms. The van der Waals surface area contributed by atoms with Crippen molar-refractivity contribution in [3.63, 3.8) is 0 Å². The number of halogens is 4. The van der Waals surface area contributed by atoms with Crippen LogP contribution in [0.4, 0.5) is 17.6 Å². The molecule has 0 atom stereocenters. The van der Waals surface area contributed by atoms with E-state index in [1.165, 1.54) is 30.3 Å². The van der Waals surface area contributed by atoms with Gasteiger partial charge in [0.05, 0.1) is 0 Å². The van der Waals surface area contributed by atoms with Crippen LogP contribution in [0.15, 0.2) is 42.5 Å². The Balaban J connectivity index is 2.49. The largest absolute Gasteiger partial charge is 0.573 e. The van der Waals surface area contributed by atoms with Crippen LogP contribution in [-0.4, -0.2) is 18.1 Å². The average Bonchev–Trinajstić information content (AvgIpc) is 2.40. The molecule has 0 unspecified atom stereocenters. The molecule has 21 heavy (non-hydrogen) atoms. The molecule has 1 N–H and O–H groups in total. The van der Waals surface area contributed by atoms with Gasteiger partial charge in [0.2, 0.25) is 0 Å². The van der Waals surface area contributed by atoms with E-state index in [0.717, 1.165) is 12.1 Å². The first-order valence-corrected chi connectivity index (χ1v) is 6.15. The van der Waals surface area contributed by atoms with E-state index in [0.29, 0.717) is 5.56 Å². The Kier molecular flexibility index (Phi) is 4.47. The van der Waals surface area contributed by atoms with Crippen molar-refractivity contribution in [1.29, 1.82) is 0 Å². The molecule has 0 heterocycles. The van der Waals surface area contributed by atoms with Crippen molar-refractivity contribution < 1.29 is 27.4 Å². The highest BCUT2D eigenvalue weighted by Crippen LogP contribution is 2.35. The smallest absolute Gasteiger partial charge is 0.405 e. The Morgan fingerprint density at radius 1 is 1.00 bits per heavy atom. The van der Waals surface area contributed by atoms with Crippen molar-refractivity contribution in [3.05, 3.63) is 53.8 Å². The van der Waals surface area contributed by atoms with Gasteiger partial charge in [-0.2, -0.15) is 0 Å². The minimum Gasteiger partial charge on any atom is -0.405 e. The van der Waals surface area contributed by atoms with Crippen molar-refractivity contribution in [1.82, 2.24) is 0 Å². The normalized spacial score (nSPS) is 11.5. The van der Waals surface area contributed by atoms with Gasteiger partial charge in [0.1, 0.15) is 11.6 Å². The summed E-state index contributed by atoms with van der Waals surface area (Å²) < 4.78 is 55.0. The number of aliphatic hydroxyl groups excluding tert-OH is 1. The summed E-state index contributed by atoms with van der Waals surface area (Å²) in [7, 11) is 0. The highest BCUT2D eigenvalue weighted by atomic mass is 19.4. The van der Waals surface area contributed by atoms with Gasteiger partial charge >= 0.3 is 6.36 Å². The predicted octanol–water partition coefficient (Wildman–Crippen LogP) is 3.93. The average molecular weight is 300 g/mol. The Morgan fingerprint density at radius 3 is 2.38 bits per heavy atom. The van der Waals surface area contributed by atoms with Gasteiger partial charge < -0.3 is 9.84 Å². The monoisotopic (exact) mass is 300 g/mol. The summed E-state index contributed by atoms with van der Waals surface area (Å²) in [6.45, 7) is -0.133. The summed E-state index contributed by atoms with van der Waals surface area (Å²) in [5.41, 5.74) is 0.628. The van der Waals surface area contributed by atoms with Gasteiger partial charge in [-0.1, -0.05) is 24.3 Å². The molecular weight excluding hydrogens is 288 g/mol. The van der Waals surface area contributed by atoms with Gasteiger partial charge in [-0.25, -0.2) is 4.39 Å². The molecule has 0 aliphatic rings. The molecule has 0 aromatic heterocycles. The first-order chi connectivity index (χ1) is 9.90. The molecule has 2 aromatic carbocycles. The molecule has 0 saturated carbocycles. The summed E-state index contributed by atoms with van der Waals surface area (Å²) in [4.78, 5) is 0. The van der Waals surface area contributed by atoms with E-state index >= 15 is 0 Å². The molecule has 2 rings (SSSR count).